The lowest BCUT2D eigenvalue weighted by Gasteiger charge is -2.34. The van der Waals surface area contributed by atoms with E-state index < -0.39 is 35.7 Å². The molecule has 1 aliphatic rings. The van der Waals surface area contributed by atoms with Crippen LogP contribution in [0, 0.1) is 37.1 Å². The maximum atomic E-state index is 14.6. The number of allylic oxidation sites excluding steroid dienone is 2. The van der Waals surface area contributed by atoms with Crippen LogP contribution in [0.25, 0.3) is 5.69 Å². The number of aliphatic hydroxyl groups excluding tert-OH is 1. The Hall–Kier alpha value is -3.66. The van der Waals surface area contributed by atoms with Crippen LogP contribution in [0.5, 0.6) is 0 Å². The van der Waals surface area contributed by atoms with Gasteiger partial charge in [-0.25, -0.2) is 22.5 Å². The second kappa shape index (κ2) is 8.60. The van der Waals surface area contributed by atoms with Crippen molar-refractivity contribution < 1.29 is 27.5 Å². The van der Waals surface area contributed by atoms with Crippen LogP contribution >= 0.6 is 0 Å². The van der Waals surface area contributed by atoms with Crippen LogP contribution in [0.4, 0.5) is 23.2 Å². The monoisotopic (exact) mass is 474 g/mol. The highest BCUT2D eigenvalue weighted by atomic mass is 19.1. The van der Waals surface area contributed by atoms with Crippen LogP contribution in [0.3, 0.4) is 0 Å². The Morgan fingerprint density at radius 2 is 1.53 bits per heavy atom. The number of benzene rings is 2. The fourth-order valence-electron chi connectivity index (χ4n) is 4.51. The molecule has 4 rings (SSSR count). The number of aliphatic hydroxyl groups is 1. The molecule has 178 valence electrons. The Morgan fingerprint density at radius 1 is 0.971 bits per heavy atom. The van der Waals surface area contributed by atoms with E-state index in [4.69, 9.17) is 0 Å². The molecule has 0 saturated heterocycles. The van der Waals surface area contributed by atoms with E-state index in [1.54, 1.807) is 27.7 Å². The lowest BCUT2D eigenvalue weighted by atomic mass is 10.2. The molecular weight excluding hydrogens is 452 g/mol. The predicted molar refractivity (Wildman–Crippen MR) is 117 cm³/mol. The molecule has 3 aromatic rings. The molecule has 6 nitrogen and oxygen atoms in total. The van der Waals surface area contributed by atoms with Crippen molar-refractivity contribution in [2.75, 3.05) is 4.90 Å². The highest BCUT2D eigenvalue weighted by Crippen LogP contribution is 2.39. The van der Waals surface area contributed by atoms with Gasteiger partial charge in [-0.1, -0.05) is 0 Å². The number of aromatic nitrogens is 2. The van der Waals surface area contributed by atoms with Crippen LogP contribution < -0.4 is 4.90 Å². The Bertz CT molecular complexity index is 1320. The summed E-state index contributed by atoms with van der Waals surface area (Å²) in [4.78, 5) is 19.2. The largest absolute Gasteiger partial charge is 0.368 e. The van der Waals surface area contributed by atoms with Crippen LogP contribution in [0.2, 0.25) is 0 Å². The Kier molecular flexibility index (Phi) is 5.94. The fraction of sp³-hybridized carbons (Fsp3) is 0.250. The summed E-state index contributed by atoms with van der Waals surface area (Å²) in [5, 5.41) is 11.3. The van der Waals surface area contributed by atoms with Gasteiger partial charge < -0.3 is 14.9 Å². The van der Waals surface area contributed by atoms with Crippen LogP contribution in [-0.4, -0.2) is 32.0 Å². The molecule has 1 aliphatic heterocycles. The zero-order chi connectivity index (χ0) is 24.9. The van der Waals surface area contributed by atoms with Gasteiger partial charge in [-0.05, 0) is 52.0 Å². The molecule has 2 atom stereocenters. The zero-order valence-corrected chi connectivity index (χ0v) is 18.9. The molecular formula is C24H22F4N4O2. The van der Waals surface area contributed by atoms with Crippen LogP contribution in [-0.2, 0) is 4.79 Å². The van der Waals surface area contributed by atoms with Crippen molar-refractivity contribution in [2.24, 2.45) is 0 Å². The summed E-state index contributed by atoms with van der Waals surface area (Å²) < 4.78 is 57.3. The van der Waals surface area contributed by atoms with E-state index in [2.05, 4.69) is 4.98 Å². The maximum Gasteiger partial charge on any atom is 0.174 e. The summed E-state index contributed by atoms with van der Waals surface area (Å²) in [7, 11) is 0. The lowest BCUT2D eigenvalue weighted by molar-refractivity contribution is -0.108. The number of nitrogens with zero attached hydrogens (tertiary/aromatic N) is 4. The van der Waals surface area contributed by atoms with Gasteiger partial charge >= 0.3 is 0 Å². The maximum absolute atomic E-state index is 14.6. The number of carbonyl (C=O) groups is 1. The Labute approximate surface area is 193 Å². The first kappa shape index (κ1) is 23.5. The summed E-state index contributed by atoms with van der Waals surface area (Å²) in [5.74, 6) is -2.77. The molecule has 2 unspecified atom stereocenters. The second-order valence-electron chi connectivity index (χ2n) is 8.03. The number of rotatable bonds is 5. The van der Waals surface area contributed by atoms with Gasteiger partial charge in [-0.15, -0.1) is 0 Å². The number of hydrogen-bond acceptors (Lipinski definition) is 5. The van der Waals surface area contributed by atoms with E-state index in [-0.39, 0.29) is 22.8 Å². The summed E-state index contributed by atoms with van der Waals surface area (Å²) in [6.45, 7) is 6.43. The van der Waals surface area contributed by atoms with E-state index >= 15 is 0 Å². The Balaban J connectivity index is 1.77. The average Bonchev–Trinajstić information content (AvgIpc) is 3.20. The first-order chi connectivity index (χ1) is 16.1. The van der Waals surface area contributed by atoms with Gasteiger partial charge in [-0.2, -0.15) is 0 Å². The molecule has 1 aromatic heterocycles. The van der Waals surface area contributed by atoms with Crippen molar-refractivity contribution in [1.29, 1.82) is 0 Å². The van der Waals surface area contributed by atoms with Crippen molar-refractivity contribution in [3.63, 3.8) is 0 Å². The van der Waals surface area contributed by atoms with Gasteiger partial charge in [0.05, 0.1) is 11.4 Å². The molecule has 0 spiro atoms. The topological polar surface area (TPSA) is 61.6 Å². The smallest absolute Gasteiger partial charge is 0.174 e. The molecule has 10 heteroatoms. The van der Waals surface area contributed by atoms with Crippen molar-refractivity contribution >= 4 is 12.0 Å². The third-order valence-electron chi connectivity index (χ3n) is 6.04. The molecule has 34 heavy (non-hydrogen) atoms. The Morgan fingerprint density at radius 3 is 2.06 bits per heavy atom. The summed E-state index contributed by atoms with van der Waals surface area (Å²) in [5.41, 5.74) is 1.04. The third-order valence-corrected chi connectivity index (χ3v) is 6.04. The minimum atomic E-state index is -1.46. The van der Waals surface area contributed by atoms with E-state index in [0.717, 1.165) is 24.3 Å². The van der Waals surface area contributed by atoms with Gasteiger partial charge in [0.15, 0.2) is 12.5 Å². The number of halogens is 4. The van der Waals surface area contributed by atoms with E-state index in [9.17, 15) is 27.5 Å². The minimum Gasteiger partial charge on any atom is -0.368 e. The highest BCUT2D eigenvalue weighted by Gasteiger charge is 2.40. The molecule has 0 radical (unpaired) electrons. The molecule has 0 bridgehead atoms. The van der Waals surface area contributed by atoms with Crippen molar-refractivity contribution in [1.82, 2.24) is 14.5 Å². The van der Waals surface area contributed by atoms with Gasteiger partial charge in [-0.3, -0.25) is 9.36 Å². The first-order valence-electron chi connectivity index (χ1n) is 10.4. The quantitative estimate of drug-likeness (QED) is 0.432. The molecule has 1 N–H and O–H groups in total. The van der Waals surface area contributed by atoms with Crippen molar-refractivity contribution in [3.8, 4) is 5.69 Å². The van der Waals surface area contributed by atoms with Crippen molar-refractivity contribution in [2.45, 2.75) is 40.1 Å². The molecule has 0 saturated carbocycles. The normalized spacial score (nSPS) is 17.0. The number of aldehydes is 1. The standard InChI is InChI=1S/C24H22F4N4O2/c1-12-22(11-33)32(15(4)31(12)21-8-6-17(26)10-19(21)28)24(34)23-13(2)30(14(3)29-23)20-7-5-16(25)9-18(20)27/h5-11,15,24,34H,1-4H3. The molecule has 2 aromatic carbocycles. The third kappa shape index (κ3) is 3.63. The van der Waals surface area contributed by atoms with Crippen LogP contribution in [0.15, 0.2) is 47.8 Å². The summed E-state index contributed by atoms with van der Waals surface area (Å²) in [6, 6.07) is 6.22. The number of imidazole rings is 1. The highest BCUT2D eigenvalue weighted by molar-refractivity contribution is 5.78. The van der Waals surface area contributed by atoms with Crippen LogP contribution in [0.1, 0.15) is 37.3 Å². The fourth-order valence-corrected chi connectivity index (χ4v) is 4.51. The number of hydrogen-bond donors (Lipinski definition) is 1. The lowest BCUT2D eigenvalue weighted by Crippen LogP contribution is -2.41. The van der Waals surface area contributed by atoms with Gasteiger partial charge in [0, 0.05) is 23.5 Å². The molecule has 0 fully saturated rings. The van der Waals surface area contributed by atoms with E-state index in [1.807, 2.05) is 0 Å². The predicted octanol–water partition coefficient (Wildman–Crippen LogP) is 4.64. The number of anilines is 1. The first-order valence-corrected chi connectivity index (χ1v) is 10.4. The second-order valence-corrected chi connectivity index (χ2v) is 8.03. The van der Waals surface area contributed by atoms with Gasteiger partial charge in [0.25, 0.3) is 0 Å². The van der Waals surface area contributed by atoms with E-state index in [1.165, 1.54) is 26.5 Å². The van der Waals surface area contributed by atoms with Crippen molar-refractivity contribution in [3.05, 3.63) is 88.3 Å². The van der Waals surface area contributed by atoms with E-state index in [0.29, 0.717) is 23.5 Å². The minimum absolute atomic E-state index is 0.0345. The molecule has 2 heterocycles. The van der Waals surface area contributed by atoms with Gasteiger partial charge in [0.2, 0.25) is 0 Å². The zero-order valence-electron chi connectivity index (χ0n) is 18.9. The van der Waals surface area contributed by atoms with Gasteiger partial charge in [0.1, 0.15) is 46.7 Å². The molecule has 0 aliphatic carbocycles. The summed E-state index contributed by atoms with van der Waals surface area (Å²) in [6.07, 6.45) is -1.67. The molecule has 0 amide bonds. The SMILES string of the molecule is CC1=C(C=O)N(C(O)c2nc(C)n(-c3ccc(F)cc3F)c2C)C(C)N1c1ccc(F)cc1F. The average molecular weight is 474 g/mol. The summed E-state index contributed by atoms with van der Waals surface area (Å²) >= 11 is 0. The number of aryl methyl sites for hydroxylation is 1. The number of carbonyl (C=O) groups excluding carboxylic acids is 1.